The van der Waals surface area contributed by atoms with Gasteiger partial charge in [0.1, 0.15) is 0 Å². The van der Waals surface area contributed by atoms with Gasteiger partial charge in [-0.2, -0.15) is 0 Å². The Morgan fingerprint density at radius 1 is 1.18 bits per heavy atom. The number of aliphatic hydroxyl groups is 1. The standard InChI is InChI=1S/C17H18N2O3/c20-17(14-4-2-1-3-5-14)12-18-9-8-13-6-7-16(19(21)22)10-15(13)11-18/h1-7,10,17,20H,8-9,11-12H2. The van der Waals surface area contributed by atoms with E-state index in [1.807, 2.05) is 36.4 Å². The number of nitro benzene ring substituents is 1. The lowest BCUT2D eigenvalue weighted by Gasteiger charge is -2.30. The number of non-ortho nitro benzene ring substituents is 1. The lowest BCUT2D eigenvalue weighted by Crippen LogP contribution is -2.34. The molecule has 5 heteroatoms. The zero-order valence-electron chi connectivity index (χ0n) is 12.2. The molecule has 0 radical (unpaired) electrons. The number of rotatable bonds is 4. The second kappa shape index (κ2) is 6.25. The third kappa shape index (κ3) is 3.16. The molecule has 22 heavy (non-hydrogen) atoms. The number of β-amino-alcohol motifs (C(OH)–C–C–N with tert-alkyl or cyclic N) is 1. The van der Waals surface area contributed by atoms with Crippen molar-refractivity contribution in [2.45, 2.75) is 19.1 Å². The fraction of sp³-hybridized carbons (Fsp3) is 0.294. The average molecular weight is 298 g/mol. The molecule has 2 aromatic carbocycles. The summed E-state index contributed by atoms with van der Waals surface area (Å²) >= 11 is 0. The maximum Gasteiger partial charge on any atom is 0.269 e. The number of nitro groups is 1. The van der Waals surface area contributed by atoms with E-state index in [2.05, 4.69) is 4.90 Å². The second-order valence-electron chi connectivity index (χ2n) is 5.62. The lowest BCUT2D eigenvalue weighted by molar-refractivity contribution is -0.385. The zero-order chi connectivity index (χ0) is 15.5. The Morgan fingerprint density at radius 2 is 1.95 bits per heavy atom. The minimum absolute atomic E-state index is 0.129. The number of benzene rings is 2. The van der Waals surface area contributed by atoms with Crippen LogP contribution in [0.1, 0.15) is 22.8 Å². The molecule has 0 saturated heterocycles. The van der Waals surface area contributed by atoms with Gasteiger partial charge in [0.15, 0.2) is 0 Å². The van der Waals surface area contributed by atoms with Gasteiger partial charge < -0.3 is 5.11 Å². The topological polar surface area (TPSA) is 66.6 Å². The van der Waals surface area contributed by atoms with Crippen LogP contribution in [0.5, 0.6) is 0 Å². The van der Waals surface area contributed by atoms with Crippen LogP contribution in [0.15, 0.2) is 48.5 Å². The number of fused-ring (bicyclic) bond motifs is 1. The van der Waals surface area contributed by atoms with Crippen molar-refractivity contribution in [1.29, 1.82) is 0 Å². The van der Waals surface area contributed by atoms with Crippen LogP contribution in [0.3, 0.4) is 0 Å². The van der Waals surface area contributed by atoms with Crippen LogP contribution in [0.2, 0.25) is 0 Å². The van der Waals surface area contributed by atoms with Gasteiger partial charge in [-0.25, -0.2) is 0 Å². The van der Waals surface area contributed by atoms with Crippen molar-refractivity contribution < 1.29 is 10.0 Å². The summed E-state index contributed by atoms with van der Waals surface area (Å²) in [5, 5.41) is 21.2. The summed E-state index contributed by atoms with van der Waals surface area (Å²) in [5.41, 5.74) is 3.17. The highest BCUT2D eigenvalue weighted by molar-refractivity contribution is 5.41. The van der Waals surface area contributed by atoms with Crippen molar-refractivity contribution in [3.8, 4) is 0 Å². The molecule has 0 bridgehead atoms. The van der Waals surface area contributed by atoms with Crippen LogP contribution in [-0.4, -0.2) is 28.0 Å². The smallest absolute Gasteiger partial charge is 0.269 e. The van der Waals surface area contributed by atoms with Gasteiger partial charge >= 0.3 is 0 Å². The molecule has 1 aliphatic heterocycles. The van der Waals surface area contributed by atoms with Crippen LogP contribution in [0.4, 0.5) is 5.69 Å². The number of nitrogens with zero attached hydrogens (tertiary/aromatic N) is 2. The van der Waals surface area contributed by atoms with Crippen molar-refractivity contribution in [1.82, 2.24) is 4.90 Å². The van der Waals surface area contributed by atoms with Crippen molar-refractivity contribution in [2.75, 3.05) is 13.1 Å². The van der Waals surface area contributed by atoms with E-state index in [9.17, 15) is 15.2 Å². The minimum Gasteiger partial charge on any atom is -0.387 e. The molecule has 0 spiro atoms. The van der Waals surface area contributed by atoms with Crippen LogP contribution < -0.4 is 0 Å². The van der Waals surface area contributed by atoms with E-state index < -0.39 is 6.10 Å². The average Bonchev–Trinajstić information content (AvgIpc) is 2.55. The van der Waals surface area contributed by atoms with Gasteiger partial charge in [-0.05, 0) is 23.1 Å². The third-order valence-corrected chi connectivity index (χ3v) is 4.11. The SMILES string of the molecule is O=[N+]([O-])c1ccc2c(c1)CN(CC(O)c1ccccc1)CC2. The molecule has 0 fully saturated rings. The van der Waals surface area contributed by atoms with Gasteiger partial charge in [0.2, 0.25) is 0 Å². The first-order chi connectivity index (χ1) is 10.6. The van der Waals surface area contributed by atoms with Crippen molar-refractivity contribution in [2.24, 2.45) is 0 Å². The molecule has 0 saturated carbocycles. The fourth-order valence-electron chi connectivity index (χ4n) is 2.90. The molecule has 0 aliphatic carbocycles. The molecule has 1 heterocycles. The van der Waals surface area contributed by atoms with E-state index in [4.69, 9.17) is 0 Å². The van der Waals surface area contributed by atoms with Gasteiger partial charge in [-0.15, -0.1) is 0 Å². The third-order valence-electron chi connectivity index (χ3n) is 4.11. The number of hydrogen-bond acceptors (Lipinski definition) is 4. The maximum atomic E-state index is 10.9. The molecule has 5 nitrogen and oxygen atoms in total. The Balaban J connectivity index is 1.71. The first-order valence-electron chi connectivity index (χ1n) is 7.35. The number of aliphatic hydroxyl groups excluding tert-OH is 1. The Labute approximate surface area is 129 Å². The highest BCUT2D eigenvalue weighted by Crippen LogP contribution is 2.25. The Morgan fingerprint density at radius 3 is 2.68 bits per heavy atom. The van der Waals surface area contributed by atoms with E-state index >= 15 is 0 Å². The molecule has 1 unspecified atom stereocenters. The first-order valence-corrected chi connectivity index (χ1v) is 7.35. The van der Waals surface area contributed by atoms with Gasteiger partial charge in [0.05, 0.1) is 11.0 Å². The van der Waals surface area contributed by atoms with Crippen LogP contribution in [0.25, 0.3) is 0 Å². The van der Waals surface area contributed by atoms with E-state index in [0.29, 0.717) is 13.1 Å². The predicted octanol–water partition coefficient (Wildman–Crippen LogP) is 2.69. The minimum atomic E-state index is -0.540. The molecule has 1 aliphatic rings. The zero-order valence-corrected chi connectivity index (χ0v) is 12.2. The molecule has 1 atom stereocenters. The number of hydrogen-bond donors (Lipinski definition) is 1. The summed E-state index contributed by atoms with van der Waals surface area (Å²) in [5.74, 6) is 0. The molecule has 2 aromatic rings. The van der Waals surface area contributed by atoms with Crippen LogP contribution in [-0.2, 0) is 13.0 Å². The van der Waals surface area contributed by atoms with Crippen molar-refractivity contribution in [3.63, 3.8) is 0 Å². The van der Waals surface area contributed by atoms with Crippen molar-refractivity contribution >= 4 is 5.69 Å². The normalized spacial score (nSPS) is 16.0. The summed E-state index contributed by atoms with van der Waals surface area (Å²) in [6.07, 6.45) is 0.316. The van der Waals surface area contributed by atoms with E-state index in [0.717, 1.165) is 29.7 Å². The van der Waals surface area contributed by atoms with Gasteiger partial charge in [-0.1, -0.05) is 36.4 Å². The van der Waals surface area contributed by atoms with E-state index in [1.54, 1.807) is 12.1 Å². The van der Waals surface area contributed by atoms with Gasteiger partial charge in [-0.3, -0.25) is 15.0 Å². The Kier molecular flexibility index (Phi) is 4.18. The summed E-state index contributed by atoms with van der Waals surface area (Å²) < 4.78 is 0. The predicted molar refractivity (Wildman–Crippen MR) is 83.5 cm³/mol. The summed E-state index contributed by atoms with van der Waals surface area (Å²) in [6.45, 7) is 2.03. The van der Waals surface area contributed by atoms with Crippen LogP contribution in [0, 0.1) is 10.1 Å². The molecule has 3 rings (SSSR count). The van der Waals surface area contributed by atoms with E-state index in [-0.39, 0.29) is 10.6 Å². The molecular weight excluding hydrogens is 280 g/mol. The summed E-state index contributed by atoms with van der Waals surface area (Å²) in [7, 11) is 0. The summed E-state index contributed by atoms with van der Waals surface area (Å²) in [4.78, 5) is 12.7. The second-order valence-corrected chi connectivity index (χ2v) is 5.62. The van der Waals surface area contributed by atoms with Gasteiger partial charge in [0, 0.05) is 31.8 Å². The monoisotopic (exact) mass is 298 g/mol. The maximum absolute atomic E-state index is 10.9. The molecule has 0 amide bonds. The molecule has 1 N–H and O–H groups in total. The Hall–Kier alpha value is -2.24. The molecule has 114 valence electrons. The summed E-state index contributed by atoms with van der Waals surface area (Å²) in [6, 6.07) is 14.6. The highest BCUT2D eigenvalue weighted by Gasteiger charge is 2.21. The molecule has 0 aromatic heterocycles. The highest BCUT2D eigenvalue weighted by atomic mass is 16.6. The van der Waals surface area contributed by atoms with E-state index in [1.165, 1.54) is 0 Å². The lowest BCUT2D eigenvalue weighted by atomic mass is 9.98. The van der Waals surface area contributed by atoms with Crippen LogP contribution >= 0.6 is 0 Å². The molecular formula is C17H18N2O3. The largest absolute Gasteiger partial charge is 0.387 e. The quantitative estimate of drug-likeness (QED) is 0.696. The van der Waals surface area contributed by atoms with Gasteiger partial charge in [0.25, 0.3) is 5.69 Å². The first kappa shape index (κ1) is 14.7. The fourth-order valence-corrected chi connectivity index (χ4v) is 2.90. The van der Waals surface area contributed by atoms with Crippen molar-refractivity contribution in [3.05, 3.63) is 75.3 Å². The Bertz CT molecular complexity index is 673.